The number of alkyl halides is 6. The van der Waals surface area contributed by atoms with Gasteiger partial charge in [0.15, 0.2) is 6.61 Å². The molecule has 0 bridgehead atoms. The molecule has 1 atom stereocenters. The lowest BCUT2D eigenvalue weighted by molar-refractivity contribution is -0.143. The van der Waals surface area contributed by atoms with Crippen LogP contribution in [0, 0.1) is 0 Å². The molecule has 0 heterocycles. The van der Waals surface area contributed by atoms with Crippen molar-refractivity contribution in [3.63, 3.8) is 0 Å². The second kappa shape index (κ2) is 8.54. The summed E-state index contributed by atoms with van der Waals surface area (Å²) >= 11 is 0. The van der Waals surface area contributed by atoms with E-state index in [0.29, 0.717) is 0 Å². The molecule has 0 radical (unpaired) electrons. The van der Waals surface area contributed by atoms with E-state index in [1.54, 1.807) is 37.3 Å². The molecule has 0 aliphatic rings. The third-order valence-corrected chi connectivity index (χ3v) is 3.83. The van der Waals surface area contributed by atoms with Crippen LogP contribution >= 0.6 is 0 Å². The number of nitrogens with one attached hydrogen (secondary N) is 1. The molecule has 156 valence electrons. The molecule has 0 aliphatic carbocycles. The highest BCUT2D eigenvalue weighted by atomic mass is 19.4. The Morgan fingerprint density at radius 2 is 1.45 bits per heavy atom. The normalized spacial score (nSPS) is 12.9. The molecular formula is C19H15F6NO3. The minimum absolute atomic E-state index is 0.106. The Balaban J connectivity index is 2.09. The van der Waals surface area contributed by atoms with Crippen molar-refractivity contribution in [2.45, 2.75) is 25.3 Å². The number of halogens is 6. The fourth-order valence-electron chi connectivity index (χ4n) is 2.40. The first-order valence-electron chi connectivity index (χ1n) is 8.19. The van der Waals surface area contributed by atoms with E-state index in [0.717, 1.165) is 5.56 Å². The fourth-order valence-corrected chi connectivity index (χ4v) is 2.40. The second-order valence-electron chi connectivity index (χ2n) is 6.07. The van der Waals surface area contributed by atoms with Crippen molar-refractivity contribution in [1.29, 1.82) is 0 Å². The summed E-state index contributed by atoms with van der Waals surface area (Å²) in [5.74, 6) is -2.25. The van der Waals surface area contributed by atoms with Crippen molar-refractivity contribution >= 4 is 11.9 Å². The summed E-state index contributed by atoms with van der Waals surface area (Å²) in [4.78, 5) is 23.8. The van der Waals surface area contributed by atoms with Gasteiger partial charge in [-0.2, -0.15) is 26.3 Å². The minimum Gasteiger partial charge on any atom is -0.452 e. The van der Waals surface area contributed by atoms with Crippen LogP contribution in [0.4, 0.5) is 26.3 Å². The average molecular weight is 419 g/mol. The van der Waals surface area contributed by atoms with E-state index in [4.69, 9.17) is 0 Å². The molecule has 4 nitrogen and oxygen atoms in total. The number of esters is 1. The first kappa shape index (κ1) is 22.3. The molecule has 0 saturated carbocycles. The Hall–Kier alpha value is -3.04. The molecule has 10 heteroatoms. The Labute approximate surface area is 161 Å². The molecular weight excluding hydrogens is 404 g/mol. The zero-order valence-corrected chi connectivity index (χ0v) is 14.9. The van der Waals surface area contributed by atoms with Crippen molar-refractivity contribution < 1.29 is 40.7 Å². The molecule has 29 heavy (non-hydrogen) atoms. The first-order valence-corrected chi connectivity index (χ1v) is 8.19. The summed E-state index contributed by atoms with van der Waals surface area (Å²) in [7, 11) is 0. The van der Waals surface area contributed by atoms with E-state index in [1.165, 1.54) is 0 Å². The van der Waals surface area contributed by atoms with Crippen LogP contribution in [0.3, 0.4) is 0 Å². The maximum absolute atomic E-state index is 12.8. The molecule has 0 spiro atoms. The van der Waals surface area contributed by atoms with Gasteiger partial charge in [0.2, 0.25) is 0 Å². The number of hydrogen-bond acceptors (Lipinski definition) is 3. The van der Waals surface area contributed by atoms with E-state index < -0.39 is 53.6 Å². The van der Waals surface area contributed by atoms with E-state index >= 15 is 0 Å². The molecule has 1 N–H and O–H groups in total. The van der Waals surface area contributed by atoms with Gasteiger partial charge < -0.3 is 10.1 Å². The number of rotatable bonds is 5. The Morgan fingerprint density at radius 3 is 1.93 bits per heavy atom. The van der Waals surface area contributed by atoms with Gasteiger partial charge in [0.05, 0.1) is 22.7 Å². The summed E-state index contributed by atoms with van der Waals surface area (Å²) in [6, 6.07) is 8.64. The summed E-state index contributed by atoms with van der Waals surface area (Å²) in [6.45, 7) is 0.783. The molecule has 0 saturated heterocycles. The van der Waals surface area contributed by atoms with Gasteiger partial charge in [-0.1, -0.05) is 30.3 Å². The highest BCUT2D eigenvalue weighted by Crippen LogP contribution is 2.36. The lowest BCUT2D eigenvalue weighted by Gasteiger charge is -2.15. The van der Waals surface area contributed by atoms with E-state index in [1.807, 2.05) is 0 Å². The molecule has 0 aliphatic heterocycles. The Kier molecular flexibility index (Phi) is 6.55. The summed E-state index contributed by atoms with van der Waals surface area (Å²) < 4.78 is 81.6. The van der Waals surface area contributed by atoms with Crippen LogP contribution in [0.2, 0.25) is 0 Å². The van der Waals surface area contributed by atoms with Crippen molar-refractivity contribution in [3.8, 4) is 0 Å². The molecule has 2 aromatic carbocycles. The quantitative estimate of drug-likeness (QED) is 0.562. The van der Waals surface area contributed by atoms with E-state index in [-0.39, 0.29) is 18.2 Å². The van der Waals surface area contributed by atoms with Crippen LogP contribution in [0.15, 0.2) is 48.5 Å². The summed E-state index contributed by atoms with van der Waals surface area (Å²) in [5.41, 5.74) is -3.52. The smallest absolute Gasteiger partial charge is 0.416 e. The fraction of sp³-hybridized carbons (Fsp3) is 0.263. The third kappa shape index (κ3) is 6.23. The predicted octanol–water partition coefficient (Wildman–Crippen LogP) is 4.76. The summed E-state index contributed by atoms with van der Waals surface area (Å²) in [5, 5.41) is 2.50. The number of hydrogen-bond donors (Lipinski definition) is 1. The first-order chi connectivity index (χ1) is 13.4. The molecule has 0 fully saturated rings. The number of ether oxygens (including phenoxy) is 1. The van der Waals surface area contributed by atoms with Crippen LogP contribution in [0.1, 0.15) is 40.0 Å². The van der Waals surface area contributed by atoms with Gasteiger partial charge in [-0.05, 0) is 30.7 Å². The van der Waals surface area contributed by atoms with Crippen LogP contribution < -0.4 is 5.32 Å². The van der Waals surface area contributed by atoms with Crippen molar-refractivity contribution in [3.05, 3.63) is 70.8 Å². The largest absolute Gasteiger partial charge is 0.452 e. The molecule has 0 aromatic heterocycles. The molecule has 2 aromatic rings. The predicted molar refractivity (Wildman–Crippen MR) is 89.7 cm³/mol. The maximum atomic E-state index is 12.8. The van der Waals surface area contributed by atoms with Gasteiger partial charge in [-0.25, -0.2) is 4.79 Å². The third-order valence-electron chi connectivity index (χ3n) is 3.83. The van der Waals surface area contributed by atoms with Crippen LogP contribution in [0.25, 0.3) is 0 Å². The highest BCUT2D eigenvalue weighted by molar-refractivity contribution is 5.91. The van der Waals surface area contributed by atoms with Gasteiger partial charge >= 0.3 is 18.3 Å². The van der Waals surface area contributed by atoms with Gasteiger partial charge in [0.1, 0.15) is 0 Å². The number of carbonyl (C=O) groups is 2. The highest BCUT2D eigenvalue weighted by Gasteiger charge is 2.37. The standard InChI is InChI=1S/C19H15F6NO3/c1-11(12-5-3-2-4-6-12)26-16(27)10-29-17(28)13-7-14(18(20,21)22)9-15(8-13)19(23,24)25/h2-9,11H,10H2,1H3,(H,26,27)/t11-/m0/s1. The number of carbonyl (C=O) groups excluding carboxylic acids is 2. The van der Waals surface area contributed by atoms with Crippen molar-refractivity contribution in [2.24, 2.45) is 0 Å². The lowest BCUT2D eigenvalue weighted by Crippen LogP contribution is -2.31. The Bertz CT molecular complexity index is 845. The monoisotopic (exact) mass is 419 g/mol. The van der Waals surface area contributed by atoms with Gasteiger partial charge in [-0.15, -0.1) is 0 Å². The SMILES string of the molecule is C[C@H](NC(=O)COC(=O)c1cc(C(F)(F)F)cc(C(F)(F)F)c1)c1ccccc1. The van der Waals surface area contributed by atoms with Gasteiger partial charge in [0.25, 0.3) is 5.91 Å². The van der Waals surface area contributed by atoms with Crippen LogP contribution in [-0.2, 0) is 21.9 Å². The van der Waals surface area contributed by atoms with E-state index in [2.05, 4.69) is 10.1 Å². The lowest BCUT2D eigenvalue weighted by atomic mass is 10.0. The van der Waals surface area contributed by atoms with Crippen molar-refractivity contribution in [1.82, 2.24) is 5.32 Å². The molecule has 2 rings (SSSR count). The maximum Gasteiger partial charge on any atom is 0.416 e. The van der Waals surface area contributed by atoms with Crippen molar-refractivity contribution in [2.75, 3.05) is 6.61 Å². The molecule has 0 unspecified atom stereocenters. The minimum atomic E-state index is -5.10. The van der Waals surface area contributed by atoms with Crippen LogP contribution in [-0.4, -0.2) is 18.5 Å². The second-order valence-corrected chi connectivity index (χ2v) is 6.07. The zero-order chi connectivity index (χ0) is 21.8. The number of amides is 1. The summed E-state index contributed by atoms with van der Waals surface area (Å²) in [6.07, 6.45) is -10.2. The van der Waals surface area contributed by atoms with Gasteiger partial charge in [-0.3, -0.25) is 4.79 Å². The zero-order valence-electron chi connectivity index (χ0n) is 14.9. The van der Waals surface area contributed by atoms with Gasteiger partial charge in [0, 0.05) is 0 Å². The average Bonchev–Trinajstić information content (AvgIpc) is 2.65. The Morgan fingerprint density at radius 1 is 0.931 bits per heavy atom. The topological polar surface area (TPSA) is 55.4 Å². The molecule has 1 amide bonds. The van der Waals surface area contributed by atoms with E-state index in [9.17, 15) is 35.9 Å². The number of benzene rings is 2. The van der Waals surface area contributed by atoms with Crippen LogP contribution in [0.5, 0.6) is 0 Å².